The van der Waals surface area contributed by atoms with Crippen LogP contribution in [0.15, 0.2) is 48.5 Å². The molecule has 80 valence electrons. The number of carbonyl (C=O) groups is 1. The third-order valence-corrected chi connectivity index (χ3v) is 2.45. The fraction of sp³-hybridized carbons (Fsp3) is 0.0714. The molecule has 0 saturated carbocycles. The third-order valence-electron chi connectivity index (χ3n) is 2.45. The lowest BCUT2D eigenvalue weighted by Crippen LogP contribution is -1.94. The Morgan fingerprint density at radius 1 is 1.06 bits per heavy atom. The van der Waals surface area contributed by atoms with Gasteiger partial charge in [0.1, 0.15) is 6.29 Å². The molecule has 0 heterocycles. The van der Waals surface area contributed by atoms with Gasteiger partial charge in [0.15, 0.2) is 0 Å². The molecule has 0 fully saturated rings. The zero-order valence-corrected chi connectivity index (χ0v) is 9.10. The van der Waals surface area contributed by atoms with E-state index < -0.39 is 0 Å². The molecule has 0 aliphatic heterocycles. The Labute approximate surface area is 94.9 Å². The lowest BCUT2D eigenvalue weighted by molar-refractivity contribution is 0.112. The van der Waals surface area contributed by atoms with Crippen molar-refractivity contribution in [3.05, 3.63) is 59.7 Å². The van der Waals surface area contributed by atoms with Crippen LogP contribution in [-0.4, -0.2) is 6.29 Å². The number of para-hydroxylation sites is 1. The van der Waals surface area contributed by atoms with E-state index in [2.05, 4.69) is 5.32 Å². The van der Waals surface area contributed by atoms with E-state index in [9.17, 15) is 4.79 Å². The fourth-order valence-corrected chi connectivity index (χ4v) is 1.52. The Balaban J connectivity index is 2.30. The number of carbonyl (C=O) groups excluding carboxylic acids is 1. The summed E-state index contributed by atoms with van der Waals surface area (Å²) in [6, 6.07) is 15.5. The molecule has 0 aliphatic rings. The molecule has 0 saturated heterocycles. The molecule has 0 spiro atoms. The number of hydrogen-bond acceptors (Lipinski definition) is 2. The van der Waals surface area contributed by atoms with Crippen molar-refractivity contribution in [2.45, 2.75) is 6.92 Å². The van der Waals surface area contributed by atoms with Crippen LogP contribution in [0.5, 0.6) is 0 Å². The second-order valence-electron chi connectivity index (χ2n) is 3.68. The zero-order chi connectivity index (χ0) is 11.4. The van der Waals surface area contributed by atoms with E-state index in [-0.39, 0.29) is 0 Å². The number of rotatable bonds is 3. The van der Waals surface area contributed by atoms with Crippen LogP contribution in [0.4, 0.5) is 11.4 Å². The molecule has 2 rings (SSSR count). The minimum Gasteiger partial charge on any atom is -0.355 e. The van der Waals surface area contributed by atoms with E-state index in [1.54, 1.807) is 0 Å². The van der Waals surface area contributed by atoms with Crippen molar-refractivity contribution in [3.63, 3.8) is 0 Å². The molecule has 2 nitrogen and oxygen atoms in total. The third kappa shape index (κ3) is 2.28. The highest BCUT2D eigenvalue weighted by atomic mass is 16.1. The van der Waals surface area contributed by atoms with E-state index in [4.69, 9.17) is 0 Å². The predicted molar refractivity (Wildman–Crippen MR) is 66.3 cm³/mol. The van der Waals surface area contributed by atoms with E-state index in [0.717, 1.165) is 23.2 Å². The molecule has 0 unspecified atom stereocenters. The minimum absolute atomic E-state index is 0.684. The molecule has 0 aliphatic carbocycles. The van der Waals surface area contributed by atoms with Gasteiger partial charge >= 0.3 is 0 Å². The van der Waals surface area contributed by atoms with Crippen molar-refractivity contribution in [1.29, 1.82) is 0 Å². The summed E-state index contributed by atoms with van der Waals surface area (Å²) in [4.78, 5) is 10.7. The average molecular weight is 211 g/mol. The number of nitrogens with one attached hydrogen (secondary N) is 1. The SMILES string of the molecule is Cc1ccc(C=O)cc1Nc1ccccc1. The van der Waals surface area contributed by atoms with Crippen LogP contribution in [0.1, 0.15) is 15.9 Å². The maximum absolute atomic E-state index is 10.7. The summed E-state index contributed by atoms with van der Waals surface area (Å²) in [5.41, 5.74) is 3.79. The Morgan fingerprint density at radius 2 is 1.81 bits per heavy atom. The van der Waals surface area contributed by atoms with Crippen molar-refractivity contribution in [3.8, 4) is 0 Å². The van der Waals surface area contributed by atoms with Crippen molar-refractivity contribution in [2.75, 3.05) is 5.32 Å². The quantitative estimate of drug-likeness (QED) is 0.786. The normalized spacial score (nSPS) is 9.81. The van der Waals surface area contributed by atoms with Crippen LogP contribution in [-0.2, 0) is 0 Å². The van der Waals surface area contributed by atoms with Gasteiger partial charge in [0.05, 0.1) is 0 Å². The molecule has 16 heavy (non-hydrogen) atoms. The van der Waals surface area contributed by atoms with Crippen LogP contribution in [0, 0.1) is 6.92 Å². The van der Waals surface area contributed by atoms with Gasteiger partial charge in [0.25, 0.3) is 0 Å². The van der Waals surface area contributed by atoms with Gasteiger partial charge in [-0.05, 0) is 30.7 Å². The first-order chi connectivity index (χ1) is 7.79. The van der Waals surface area contributed by atoms with Gasteiger partial charge in [-0.15, -0.1) is 0 Å². The first-order valence-corrected chi connectivity index (χ1v) is 5.17. The predicted octanol–water partition coefficient (Wildman–Crippen LogP) is 3.55. The molecule has 2 aromatic carbocycles. The fourth-order valence-electron chi connectivity index (χ4n) is 1.52. The smallest absolute Gasteiger partial charge is 0.150 e. The van der Waals surface area contributed by atoms with Crippen LogP contribution >= 0.6 is 0 Å². The Morgan fingerprint density at radius 3 is 2.50 bits per heavy atom. The number of anilines is 2. The number of hydrogen-bond donors (Lipinski definition) is 1. The number of aldehydes is 1. The van der Waals surface area contributed by atoms with Gasteiger partial charge in [-0.2, -0.15) is 0 Å². The molecular weight excluding hydrogens is 198 g/mol. The summed E-state index contributed by atoms with van der Waals surface area (Å²) in [6.45, 7) is 2.01. The van der Waals surface area contributed by atoms with Gasteiger partial charge in [0.2, 0.25) is 0 Å². The first-order valence-electron chi connectivity index (χ1n) is 5.17. The van der Waals surface area contributed by atoms with Crippen molar-refractivity contribution < 1.29 is 4.79 Å². The van der Waals surface area contributed by atoms with Gasteiger partial charge in [0, 0.05) is 16.9 Å². The average Bonchev–Trinajstić information content (AvgIpc) is 2.33. The molecule has 1 N–H and O–H groups in total. The number of aryl methyl sites for hydroxylation is 1. The molecular formula is C14H13NO. The van der Waals surface area contributed by atoms with Crippen molar-refractivity contribution >= 4 is 17.7 Å². The summed E-state index contributed by atoms with van der Waals surface area (Å²) in [5, 5.41) is 3.29. The summed E-state index contributed by atoms with van der Waals surface area (Å²) in [5.74, 6) is 0. The molecule has 0 radical (unpaired) electrons. The van der Waals surface area contributed by atoms with Crippen LogP contribution < -0.4 is 5.32 Å². The minimum atomic E-state index is 0.684. The van der Waals surface area contributed by atoms with Crippen LogP contribution in [0.2, 0.25) is 0 Å². The molecule has 0 atom stereocenters. The summed E-state index contributed by atoms with van der Waals surface area (Å²) < 4.78 is 0. The van der Waals surface area contributed by atoms with E-state index in [1.807, 2.05) is 55.5 Å². The van der Waals surface area contributed by atoms with Gasteiger partial charge in [-0.3, -0.25) is 4.79 Å². The summed E-state index contributed by atoms with van der Waals surface area (Å²) >= 11 is 0. The lowest BCUT2D eigenvalue weighted by atomic mass is 10.1. The second kappa shape index (κ2) is 4.62. The topological polar surface area (TPSA) is 29.1 Å². The molecule has 2 heteroatoms. The van der Waals surface area contributed by atoms with Crippen molar-refractivity contribution in [2.24, 2.45) is 0 Å². The Hall–Kier alpha value is -2.09. The monoisotopic (exact) mass is 211 g/mol. The maximum Gasteiger partial charge on any atom is 0.150 e. The molecule has 2 aromatic rings. The summed E-state index contributed by atoms with van der Waals surface area (Å²) in [7, 11) is 0. The largest absolute Gasteiger partial charge is 0.355 e. The molecule has 0 aromatic heterocycles. The lowest BCUT2D eigenvalue weighted by Gasteiger charge is -2.09. The van der Waals surface area contributed by atoms with Crippen molar-refractivity contribution in [1.82, 2.24) is 0 Å². The van der Waals surface area contributed by atoms with Gasteiger partial charge in [-0.1, -0.05) is 30.3 Å². The highest BCUT2D eigenvalue weighted by Gasteiger charge is 2.00. The summed E-state index contributed by atoms with van der Waals surface area (Å²) in [6.07, 6.45) is 0.857. The van der Waals surface area contributed by atoms with E-state index in [1.165, 1.54) is 0 Å². The van der Waals surface area contributed by atoms with Gasteiger partial charge in [-0.25, -0.2) is 0 Å². The Bertz CT molecular complexity index is 491. The number of benzene rings is 2. The van der Waals surface area contributed by atoms with E-state index in [0.29, 0.717) is 5.56 Å². The standard InChI is InChI=1S/C14H13NO/c1-11-7-8-12(10-16)9-14(11)15-13-5-3-2-4-6-13/h2-10,15H,1H3. The molecule has 0 bridgehead atoms. The first kappa shape index (κ1) is 10.4. The highest BCUT2D eigenvalue weighted by Crippen LogP contribution is 2.21. The van der Waals surface area contributed by atoms with E-state index >= 15 is 0 Å². The highest BCUT2D eigenvalue weighted by molar-refractivity contribution is 5.78. The van der Waals surface area contributed by atoms with Gasteiger partial charge < -0.3 is 5.32 Å². The molecule has 0 amide bonds. The Kier molecular flexibility index (Phi) is 3.01. The maximum atomic E-state index is 10.7. The van der Waals surface area contributed by atoms with Crippen LogP contribution in [0.25, 0.3) is 0 Å². The van der Waals surface area contributed by atoms with Crippen LogP contribution in [0.3, 0.4) is 0 Å². The second-order valence-corrected chi connectivity index (χ2v) is 3.68. The zero-order valence-electron chi connectivity index (χ0n) is 9.10.